The van der Waals surface area contributed by atoms with Crippen molar-refractivity contribution in [2.24, 2.45) is 7.05 Å². The molecule has 3 N–H and O–H groups in total. The van der Waals surface area contributed by atoms with E-state index < -0.39 is 11.6 Å². The smallest absolute Gasteiger partial charge is 0.336 e. The number of aromatic nitrogens is 2. The van der Waals surface area contributed by atoms with E-state index in [1.165, 1.54) is 6.92 Å². The molecule has 1 heterocycles. The second kappa shape index (κ2) is 4.85. The van der Waals surface area contributed by atoms with Gasteiger partial charge in [-0.1, -0.05) is 0 Å². The maximum absolute atomic E-state index is 10.7. The molecule has 0 aromatic carbocycles. The first-order chi connectivity index (χ1) is 7.75. The van der Waals surface area contributed by atoms with Gasteiger partial charge in [0.25, 0.3) is 0 Å². The van der Waals surface area contributed by atoms with Crippen molar-refractivity contribution < 1.29 is 15.0 Å². The Morgan fingerprint density at radius 1 is 1.53 bits per heavy atom. The van der Waals surface area contributed by atoms with E-state index in [9.17, 15) is 9.90 Å². The van der Waals surface area contributed by atoms with Gasteiger partial charge >= 0.3 is 5.97 Å². The highest BCUT2D eigenvalue weighted by Gasteiger charge is 2.29. The first-order valence-corrected chi connectivity index (χ1v) is 5.41. The standard InChI is InChI=1S/C11H19N3O3/c1-7-9(8(2)14(4)13-7)5-12-6-11(3,17)10(15)16/h12,17H,5-6H2,1-4H3,(H,15,16). The van der Waals surface area contributed by atoms with E-state index >= 15 is 0 Å². The first-order valence-electron chi connectivity index (χ1n) is 5.41. The minimum atomic E-state index is -1.75. The van der Waals surface area contributed by atoms with Gasteiger partial charge in [-0.15, -0.1) is 0 Å². The normalized spacial score (nSPS) is 14.6. The third-order valence-electron chi connectivity index (χ3n) is 2.89. The van der Waals surface area contributed by atoms with Crippen LogP contribution >= 0.6 is 0 Å². The number of aliphatic hydroxyl groups is 1. The minimum Gasteiger partial charge on any atom is -0.479 e. The summed E-state index contributed by atoms with van der Waals surface area (Å²) in [6, 6.07) is 0. The van der Waals surface area contributed by atoms with Crippen LogP contribution in [0.3, 0.4) is 0 Å². The summed E-state index contributed by atoms with van der Waals surface area (Å²) in [4.78, 5) is 10.7. The van der Waals surface area contributed by atoms with Crippen molar-refractivity contribution in [3.05, 3.63) is 17.0 Å². The van der Waals surface area contributed by atoms with Crippen LogP contribution in [0.1, 0.15) is 23.9 Å². The molecule has 0 aliphatic heterocycles. The second-order valence-corrected chi connectivity index (χ2v) is 4.46. The van der Waals surface area contributed by atoms with Gasteiger partial charge in [-0.25, -0.2) is 4.79 Å². The van der Waals surface area contributed by atoms with Gasteiger partial charge in [0.15, 0.2) is 5.60 Å². The lowest BCUT2D eigenvalue weighted by atomic mass is 10.1. The zero-order valence-corrected chi connectivity index (χ0v) is 10.6. The molecular weight excluding hydrogens is 222 g/mol. The van der Waals surface area contributed by atoms with Crippen molar-refractivity contribution in [2.75, 3.05) is 6.54 Å². The summed E-state index contributed by atoms with van der Waals surface area (Å²) in [5.41, 5.74) is 1.23. The van der Waals surface area contributed by atoms with E-state index in [1.54, 1.807) is 4.68 Å². The Labute approximate surface area is 100 Å². The van der Waals surface area contributed by atoms with E-state index in [2.05, 4.69) is 10.4 Å². The predicted octanol–water partition coefficient (Wildman–Crippen LogP) is -0.0379. The number of aliphatic carboxylic acids is 1. The van der Waals surface area contributed by atoms with E-state index in [4.69, 9.17) is 5.11 Å². The second-order valence-electron chi connectivity index (χ2n) is 4.46. The molecule has 0 aliphatic carbocycles. The Hall–Kier alpha value is -1.40. The van der Waals surface area contributed by atoms with Crippen LogP contribution in [0, 0.1) is 13.8 Å². The number of hydrogen-bond donors (Lipinski definition) is 3. The van der Waals surface area contributed by atoms with Crippen molar-refractivity contribution in [1.29, 1.82) is 0 Å². The van der Waals surface area contributed by atoms with Gasteiger partial charge in [-0.2, -0.15) is 5.10 Å². The molecule has 1 aromatic rings. The lowest BCUT2D eigenvalue weighted by molar-refractivity contribution is -0.156. The molecule has 6 nitrogen and oxygen atoms in total. The highest BCUT2D eigenvalue weighted by atomic mass is 16.4. The summed E-state index contributed by atoms with van der Waals surface area (Å²) in [5.74, 6) is -1.23. The van der Waals surface area contributed by atoms with Crippen LogP contribution in [0.5, 0.6) is 0 Å². The van der Waals surface area contributed by atoms with E-state index in [-0.39, 0.29) is 6.54 Å². The van der Waals surface area contributed by atoms with Crippen molar-refractivity contribution in [3.8, 4) is 0 Å². The summed E-state index contributed by atoms with van der Waals surface area (Å²) >= 11 is 0. The molecule has 0 fully saturated rings. The third kappa shape index (κ3) is 3.04. The van der Waals surface area contributed by atoms with Crippen LogP contribution in [-0.2, 0) is 18.4 Å². The number of nitrogens with one attached hydrogen (secondary N) is 1. The number of nitrogens with zero attached hydrogens (tertiary/aromatic N) is 2. The number of hydrogen-bond acceptors (Lipinski definition) is 4. The SMILES string of the molecule is Cc1nn(C)c(C)c1CNCC(C)(O)C(=O)O. The Kier molecular flexibility index (Phi) is 3.90. The maximum atomic E-state index is 10.7. The Bertz CT molecular complexity index is 424. The number of aryl methyl sites for hydroxylation is 2. The molecule has 1 unspecified atom stereocenters. The van der Waals surface area contributed by atoms with Crippen molar-refractivity contribution in [1.82, 2.24) is 15.1 Å². The van der Waals surface area contributed by atoms with Gasteiger partial charge in [-0.05, 0) is 20.8 Å². The molecule has 1 rings (SSSR count). The van der Waals surface area contributed by atoms with Gasteiger partial charge in [0.05, 0.1) is 5.69 Å². The Morgan fingerprint density at radius 3 is 2.53 bits per heavy atom. The molecule has 0 saturated carbocycles. The van der Waals surface area contributed by atoms with Gasteiger partial charge in [-0.3, -0.25) is 4.68 Å². The maximum Gasteiger partial charge on any atom is 0.336 e. The Balaban J connectivity index is 2.60. The molecule has 17 heavy (non-hydrogen) atoms. The van der Waals surface area contributed by atoms with Crippen LogP contribution in [0.2, 0.25) is 0 Å². The fourth-order valence-corrected chi connectivity index (χ4v) is 1.58. The molecule has 6 heteroatoms. The van der Waals surface area contributed by atoms with Gasteiger partial charge in [0, 0.05) is 31.4 Å². The van der Waals surface area contributed by atoms with Crippen LogP contribution in [0.25, 0.3) is 0 Å². The lowest BCUT2D eigenvalue weighted by Crippen LogP contribution is -2.44. The molecular formula is C11H19N3O3. The number of carboxylic acid groups (broad SMARTS) is 1. The predicted molar refractivity (Wildman–Crippen MR) is 62.6 cm³/mol. The summed E-state index contributed by atoms with van der Waals surface area (Å²) in [7, 11) is 1.86. The van der Waals surface area contributed by atoms with Crippen molar-refractivity contribution >= 4 is 5.97 Å². The van der Waals surface area contributed by atoms with Crippen LogP contribution in [0.15, 0.2) is 0 Å². The molecule has 0 radical (unpaired) electrons. The third-order valence-corrected chi connectivity index (χ3v) is 2.89. The minimum absolute atomic E-state index is 0.00386. The summed E-state index contributed by atoms with van der Waals surface area (Å²) < 4.78 is 1.78. The number of rotatable bonds is 5. The molecule has 96 valence electrons. The number of carbonyl (C=O) groups is 1. The number of carboxylic acids is 1. The zero-order chi connectivity index (χ0) is 13.2. The van der Waals surface area contributed by atoms with Gasteiger partial charge in [0.1, 0.15) is 0 Å². The van der Waals surface area contributed by atoms with Gasteiger partial charge < -0.3 is 15.5 Å². The highest BCUT2D eigenvalue weighted by Crippen LogP contribution is 2.11. The topological polar surface area (TPSA) is 87.4 Å². The van der Waals surface area contributed by atoms with E-state index in [0.29, 0.717) is 6.54 Å². The van der Waals surface area contributed by atoms with Crippen molar-refractivity contribution in [2.45, 2.75) is 32.9 Å². The fourth-order valence-electron chi connectivity index (χ4n) is 1.58. The molecule has 0 bridgehead atoms. The zero-order valence-electron chi connectivity index (χ0n) is 10.6. The summed E-state index contributed by atoms with van der Waals surface area (Å²) in [6.07, 6.45) is 0. The summed E-state index contributed by atoms with van der Waals surface area (Å²) in [5, 5.41) is 25.5. The van der Waals surface area contributed by atoms with Gasteiger partial charge in [0.2, 0.25) is 0 Å². The molecule has 0 spiro atoms. The quantitative estimate of drug-likeness (QED) is 0.673. The Morgan fingerprint density at radius 2 is 2.12 bits per heavy atom. The lowest BCUT2D eigenvalue weighted by Gasteiger charge is -2.18. The van der Waals surface area contributed by atoms with E-state index in [0.717, 1.165) is 17.0 Å². The largest absolute Gasteiger partial charge is 0.479 e. The molecule has 0 aliphatic rings. The van der Waals surface area contributed by atoms with Crippen molar-refractivity contribution in [3.63, 3.8) is 0 Å². The molecule has 1 atom stereocenters. The van der Waals surface area contributed by atoms with Crippen LogP contribution in [0.4, 0.5) is 0 Å². The molecule has 0 saturated heterocycles. The highest BCUT2D eigenvalue weighted by molar-refractivity contribution is 5.76. The first kappa shape index (κ1) is 13.7. The van der Waals surface area contributed by atoms with Crippen LogP contribution in [-0.4, -0.2) is 38.1 Å². The molecule has 1 aromatic heterocycles. The van der Waals surface area contributed by atoms with Crippen LogP contribution < -0.4 is 5.32 Å². The molecule has 0 amide bonds. The average molecular weight is 241 g/mol. The fraction of sp³-hybridized carbons (Fsp3) is 0.636. The van der Waals surface area contributed by atoms with E-state index in [1.807, 2.05) is 20.9 Å². The monoisotopic (exact) mass is 241 g/mol. The average Bonchev–Trinajstić information content (AvgIpc) is 2.44. The summed E-state index contributed by atoms with van der Waals surface area (Å²) in [6.45, 7) is 5.61.